The number of ether oxygens (including phenoxy) is 1. The minimum Gasteiger partial charge on any atom is -0.503 e. The number of benzene rings is 2. The molecule has 1 saturated heterocycles. The van der Waals surface area contributed by atoms with Gasteiger partial charge < -0.3 is 9.84 Å². The van der Waals surface area contributed by atoms with Gasteiger partial charge in [-0.3, -0.25) is 14.9 Å². The lowest BCUT2D eigenvalue weighted by atomic mass is 10.1. The highest BCUT2D eigenvalue weighted by molar-refractivity contribution is 6.39. The first-order chi connectivity index (χ1) is 13.3. The van der Waals surface area contributed by atoms with Crippen molar-refractivity contribution in [3.05, 3.63) is 57.6 Å². The molecule has 0 aliphatic carbocycles. The molecule has 0 aromatic heterocycles. The van der Waals surface area contributed by atoms with Gasteiger partial charge in [-0.25, -0.2) is 9.69 Å². The predicted octanol–water partition coefficient (Wildman–Crippen LogP) is 3.76. The molecule has 0 unspecified atom stereocenters. The van der Waals surface area contributed by atoms with E-state index in [1.54, 1.807) is 19.1 Å². The molecule has 0 spiro atoms. The van der Waals surface area contributed by atoms with Gasteiger partial charge in [0.25, 0.3) is 11.8 Å². The summed E-state index contributed by atoms with van der Waals surface area (Å²) in [5.74, 6) is -1.82. The number of nitrogens with zero attached hydrogens (tertiary/aromatic N) is 1. The Morgan fingerprint density at radius 3 is 2.61 bits per heavy atom. The largest absolute Gasteiger partial charge is 0.503 e. The van der Waals surface area contributed by atoms with Crippen LogP contribution in [0.4, 0.5) is 10.5 Å². The summed E-state index contributed by atoms with van der Waals surface area (Å²) in [6.45, 7) is 2.01. The van der Waals surface area contributed by atoms with E-state index in [0.717, 1.165) is 4.90 Å². The lowest BCUT2D eigenvalue weighted by Gasteiger charge is -2.26. The second kappa shape index (κ2) is 7.92. The van der Waals surface area contributed by atoms with E-state index in [0.29, 0.717) is 10.6 Å². The summed E-state index contributed by atoms with van der Waals surface area (Å²) in [6, 6.07) is 8.02. The van der Waals surface area contributed by atoms with Crippen LogP contribution in [0.15, 0.2) is 42.0 Å². The van der Waals surface area contributed by atoms with Gasteiger partial charge in [-0.15, -0.1) is 0 Å². The van der Waals surface area contributed by atoms with E-state index in [2.05, 4.69) is 5.32 Å². The van der Waals surface area contributed by atoms with E-state index in [9.17, 15) is 19.5 Å². The second-order valence-corrected chi connectivity index (χ2v) is 6.56. The summed E-state index contributed by atoms with van der Waals surface area (Å²) in [4.78, 5) is 38.1. The fraction of sp³-hybridized carbons (Fsp3) is 0.105. The molecular weight excluding hydrogens is 407 g/mol. The number of phenolic OH excluding ortho intramolecular Hbond substituents is 1. The maximum Gasteiger partial charge on any atom is 0.335 e. The van der Waals surface area contributed by atoms with Gasteiger partial charge >= 0.3 is 6.03 Å². The van der Waals surface area contributed by atoms with Crippen molar-refractivity contribution >= 4 is 52.8 Å². The number of halogens is 2. The highest BCUT2D eigenvalue weighted by Crippen LogP contribution is 2.36. The molecule has 1 fully saturated rings. The average molecular weight is 421 g/mol. The molecule has 0 bridgehead atoms. The number of carbonyl (C=O) groups is 3. The van der Waals surface area contributed by atoms with E-state index in [4.69, 9.17) is 27.9 Å². The Labute approximate surface area is 170 Å². The monoisotopic (exact) mass is 420 g/mol. The van der Waals surface area contributed by atoms with Gasteiger partial charge in [-0.05, 0) is 48.9 Å². The molecule has 0 saturated carbocycles. The number of amides is 4. The molecule has 28 heavy (non-hydrogen) atoms. The first kappa shape index (κ1) is 19.7. The fourth-order valence-electron chi connectivity index (χ4n) is 2.62. The summed E-state index contributed by atoms with van der Waals surface area (Å²) in [7, 11) is 0. The molecule has 1 aliphatic heterocycles. The van der Waals surface area contributed by atoms with Crippen molar-refractivity contribution < 1.29 is 24.2 Å². The number of rotatable bonds is 4. The Morgan fingerprint density at radius 2 is 1.93 bits per heavy atom. The zero-order chi connectivity index (χ0) is 20.4. The molecule has 144 valence electrons. The van der Waals surface area contributed by atoms with Crippen LogP contribution < -0.4 is 15.0 Å². The van der Waals surface area contributed by atoms with Crippen LogP contribution in [0, 0.1) is 0 Å². The molecule has 2 aromatic carbocycles. The third kappa shape index (κ3) is 3.81. The van der Waals surface area contributed by atoms with Crippen molar-refractivity contribution in [3.63, 3.8) is 0 Å². The third-order valence-electron chi connectivity index (χ3n) is 3.83. The number of carbonyl (C=O) groups excluding carboxylic acids is 3. The Hall–Kier alpha value is -3.03. The van der Waals surface area contributed by atoms with Crippen LogP contribution >= 0.6 is 23.2 Å². The SMILES string of the molecule is CCOc1cc(/C=C2\C(=O)NC(=O)N(c3cccc(Cl)c3)C2=O)cc(Cl)c1O. The Kier molecular flexibility index (Phi) is 5.58. The molecule has 2 N–H and O–H groups in total. The summed E-state index contributed by atoms with van der Waals surface area (Å²) in [5.41, 5.74) is 0.265. The van der Waals surface area contributed by atoms with Crippen LogP contribution in [0.3, 0.4) is 0 Å². The lowest BCUT2D eigenvalue weighted by molar-refractivity contribution is -0.122. The standard InChI is InChI=1S/C19H14Cl2N2O5/c1-2-28-15-8-10(7-14(21)16(15)24)6-13-17(25)22-19(27)23(18(13)26)12-5-3-4-11(20)9-12/h3-9,24H,2H2,1H3,(H,22,25,27)/b13-6+. The molecule has 3 rings (SSSR count). The number of anilines is 1. The summed E-state index contributed by atoms with van der Waals surface area (Å²) in [6.07, 6.45) is 1.26. The first-order valence-corrected chi connectivity index (χ1v) is 8.89. The van der Waals surface area contributed by atoms with E-state index in [1.807, 2.05) is 0 Å². The molecule has 1 heterocycles. The lowest BCUT2D eigenvalue weighted by Crippen LogP contribution is -2.54. The average Bonchev–Trinajstić information content (AvgIpc) is 2.63. The van der Waals surface area contributed by atoms with Gasteiger partial charge in [0.15, 0.2) is 11.5 Å². The molecule has 0 atom stereocenters. The second-order valence-electron chi connectivity index (χ2n) is 5.72. The van der Waals surface area contributed by atoms with E-state index < -0.39 is 17.8 Å². The van der Waals surface area contributed by atoms with E-state index >= 15 is 0 Å². The van der Waals surface area contributed by atoms with Crippen LogP contribution in [-0.2, 0) is 9.59 Å². The van der Waals surface area contributed by atoms with Gasteiger partial charge in [0, 0.05) is 5.02 Å². The van der Waals surface area contributed by atoms with Crippen LogP contribution in [0.25, 0.3) is 6.08 Å². The van der Waals surface area contributed by atoms with Gasteiger partial charge in [-0.1, -0.05) is 29.3 Å². The molecule has 2 aromatic rings. The zero-order valence-corrected chi connectivity index (χ0v) is 16.0. The van der Waals surface area contributed by atoms with Gasteiger partial charge in [0.2, 0.25) is 0 Å². The van der Waals surface area contributed by atoms with Gasteiger partial charge in [0.05, 0.1) is 17.3 Å². The van der Waals surface area contributed by atoms with Crippen molar-refractivity contribution in [1.29, 1.82) is 0 Å². The number of aromatic hydroxyl groups is 1. The predicted molar refractivity (Wildman–Crippen MR) is 105 cm³/mol. The first-order valence-electron chi connectivity index (χ1n) is 8.14. The van der Waals surface area contributed by atoms with Crippen LogP contribution in [-0.4, -0.2) is 29.6 Å². The van der Waals surface area contributed by atoms with Crippen LogP contribution in [0.2, 0.25) is 10.0 Å². The summed E-state index contributed by atoms with van der Waals surface area (Å²) >= 11 is 11.9. The highest BCUT2D eigenvalue weighted by atomic mass is 35.5. The minimum absolute atomic E-state index is 0.00996. The molecule has 9 heteroatoms. The Bertz CT molecular complexity index is 1020. The minimum atomic E-state index is -0.881. The number of hydrogen-bond donors (Lipinski definition) is 2. The van der Waals surface area contributed by atoms with Gasteiger partial charge in [0.1, 0.15) is 5.57 Å². The quantitative estimate of drug-likeness (QED) is 0.579. The molecular formula is C19H14Cl2N2O5. The smallest absolute Gasteiger partial charge is 0.335 e. The highest BCUT2D eigenvalue weighted by Gasteiger charge is 2.36. The molecule has 0 radical (unpaired) electrons. The van der Waals surface area contributed by atoms with Crippen LogP contribution in [0.1, 0.15) is 12.5 Å². The Balaban J connectivity index is 2.04. The number of nitrogens with one attached hydrogen (secondary N) is 1. The molecule has 4 amide bonds. The Morgan fingerprint density at radius 1 is 1.18 bits per heavy atom. The molecule has 7 nitrogen and oxygen atoms in total. The maximum atomic E-state index is 12.8. The van der Waals surface area contributed by atoms with Gasteiger partial charge in [-0.2, -0.15) is 0 Å². The zero-order valence-electron chi connectivity index (χ0n) is 14.5. The van der Waals surface area contributed by atoms with E-state index in [1.165, 1.54) is 30.3 Å². The molecule has 1 aliphatic rings. The third-order valence-corrected chi connectivity index (χ3v) is 4.35. The number of hydrogen-bond acceptors (Lipinski definition) is 5. The summed E-state index contributed by atoms with van der Waals surface area (Å²) in [5, 5.41) is 12.4. The van der Waals surface area contributed by atoms with Crippen molar-refractivity contribution in [3.8, 4) is 11.5 Å². The van der Waals surface area contributed by atoms with Crippen LogP contribution in [0.5, 0.6) is 11.5 Å². The van der Waals surface area contributed by atoms with Crippen molar-refractivity contribution in [2.45, 2.75) is 6.92 Å². The van der Waals surface area contributed by atoms with E-state index in [-0.39, 0.29) is 34.4 Å². The number of imide groups is 2. The topological polar surface area (TPSA) is 95.9 Å². The van der Waals surface area contributed by atoms with Crippen molar-refractivity contribution in [2.24, 2.45) is 0 Å². The normalized spacial score (nSPS) is 15.8. The number of phenols is 1. The maximum absolute atomic E-state index is 12.8. The fourth-order valence-corrected chi connectivity index (χ4v) is 3.02. The summed E-state index contributed by atoms with van der Waals surface area (Å²) < 4.78 is 5.29. The number of urea groups is 1. The van der Waals surface area contributed by atoms with Crippen molar-refractivity contribution in [1.82, 2.24) is 5.32 Å². The number of barbiturate groups is 1. The van der Waals surface area contributed by atoms with Crippen molar-refractivity contribution in [2.75, 3.05) is 11.5 Å².